The number of hydrogen-bond donors (Lipinski definition) is 2. The number of nitrogens with one attached hydrogen (secondary N) is 2. The molecule has 4 aromatic rings. The number of H-pyrrole nitrogens is 1. The Morgan fingerprint density at radius 3 is 2.38 bits per heavy atom. The topological polar surface area (TPSA) is 95.0 Å². The Labute approximate surface area is 226 Å². The van der Waals surface area contributed by atoms with Gasteiger partial charge in [0.25, 0.3) is 5.91 Å². The minimum atomic E-state index is -0.315. The van der Waals surface area contributed by atoms with Crippen molar-refractivity contribution in [1.29, 1.82) is 0 Å². The van der Waals surface area contributed by atoms with E-state index in [9.17, 15) is 9.18 Å². The molecule has 1 aromatic carbocycles. The summed E-state index contributed by atoms with van der Waals surface area (Å²) in [5.41, 5.74) is 3.72. The van der Waals surface area contributed by atoms with E-state index in [0.29, 0.717) is 41.2 Å². The van der Waals surface area contributed by atoms with Crippen molar-refractivity contribution in [2.24, 2.45) is 0 Å². The van der Waals surface area contributed by atoms with Gasteiger partial charge in [-0.2, -0.15) is 0 Å². The summed E-state index contributed by atoms with van der Waals surface area (Å²) >= 11 is 0. The maximum absolute atomic E-state index is 13.6. The minimum absolute atomic E-state index is 0.298. The number of halogens is 1. The smallest absolute Gasteiger partial charge is 0.274 e. The van der Waals surface area contributed by atoms with Crippen LogP contribution in [0.4, 0.5) is 15.9 Å². The fourth-order valence-electron chi connectivity index (χ4n) is 6.07. The van der Waals surface area contributed by atoms with Crippen molar-refractivity contribution in [2.45, 2.75) is 50.2 Å². The van der Waals surface area contributed by atoms with Crippen LogP contribution in [0.3, 0.4) is 0 Å². The van der Waals surface area contributed by atoms with E-state index in [2.05, 4.69) is 46.7 Å². The third-order valence-corrected chi connectivity index (χ3v) is 8.63. The van der Waals surface area contributed by atoms with Gasteiger partial charge in [-0.3, -0.25) is 9.69 Å². The summed E-state index contributed by atoms with van der Waals surface area (Å²) in [5.74, 6) is 0.429. The fraction of sp³-hybridized carbons (Fsp3) is 0.379. The molecule has 2 atom stereocenters. The third-order valence-electron chi connectivity index (χ3n) is 8.63. The largest absolute Gasteiger partial charge is 0.367 e. The maximum atomic E-state index is 13.6. The molecular weight excluding hydrogens is 495 g/mol. The third kappa shape index (κ3) is 4.38. The second-order valence-electron chi connectivity index (χ2n) is 10.9. The van der Waals surface area contributed by atoms with Crippen LogP contribution >= 0.6 is 0 Å². The first-order valence-corrected chi connectivity index (χ1v) is 13.7. The van der Waals surface area contributed by atoms with Gasteiger partial charge in [0.15, 0.2) is 5.82 Å². The zero-order valence-corrected chi connectivity index (χ0v) is 21.8. The summed E-state index contributed by atoms with van der Waals surface area (Å²) in [7, 11) is 2.22. The van der Waals surface area contributed by atoms with Crippen LogP contribution in [0.1, 0.15) is 48.6 Å². The molecule has 1 amide bonds. The molecule has 3 fully saturated rings. The molecule has 1 saturated carbocycles. The van der Waals surface area contributed by atoms with Crippen molar-refractivity contribution < 1.29 is 9.18 Å². The number of anilines is 2. The number of benzene rings is 1. The number of aromatic amines is 1. The van der Waals surface area contributed by atoms with Crippen molar-refractivity contribution in [3.05, 3.63) is 66.6 Å². The van der Waals surface area contributed by atoms with Gasteiger partial charge in [0, 0.05) is 36.8 Å². The summed E-state index contributed by atoms with van der Waals surface area (Å²) in [5, 5.41) is 2.88. The van der Waals surface area contributed by atoms with Gasteiger partial charge in [-0.25, -0.2) is 19.3 Å². The minimum Gasteiger partial charge on any atom is -0.367 e. The quantitative estimate of drug-likeness (QED) is 0.377. The Hall–Kier alpha value is -4.05. The molecule has 3 aliphatic rings. The van der Waals surface area contributed by atoms with Crippen LogP contribution in [0.15, 0.2) is 55.1 Å². The number of nitrogens with zero attached hydrogens (tertiary/aromatic N) is 6. The highest BCUT2D eigenvalue weighted by Crippen LogP contribution is 2.39. The average molecular weight is 527 g/mol. The van der Waals surface area contributed by atoms with E-state index in [1.807, 2.05) is 24.7 Å². The van der Waals surface area contributed by atoms with Gasteiger partial charge in [0.1, 0.15) is 23.0 Å². The molecule has 1 aliphatic carbocycles. The number of rotatable bonds is 6. The maximum Gasteiger partial charge on any atom is 0.274 e. The van der Waals surface area contributed by atoms with E-state index < -0.39 is 0 Å². The molecule has 7 rings (SSSR count). The zero-order valence-electron chi connectivity index (χ0n) is 21.8. The molecule has 39 heavy (non-hydrogen) atoms. The van der Waals surface area contributed by atoms with Crippen molar-refractivity contribution in [3.63, 3.8) is 0 Å². The van der Waals surface area contributed by atoms with E-state index in [1.165, 1.54) is 37.6 Å². The molecule has 10 heteroatoms. The fourth-order valence-corrected chi connectivity index (χ4v) is 6.07. The molecule has 200 valence electrons. The highest BCUT2D eigenvalue weighted by atomic mass is 19.1. The Balaban J connectivity index is 1.09. The predicted octanol–water partition coefficient (Wildman–Crippen LogP) is 4.73. The van der Waals surface area contributed by atoms with Crippen molar-refractivity contribution in [1.82, 2.24) is 29.4 Å². The predicted molar refractivity (Wildman–Crippen MR) is 147 cm³/mol. The lowest BCUT2D eigenvalue weighted by atomic mass is 9.92. The number of amides is 1. The number of likely N-dealkylation sites (N-methyl/N-ethyl adjacent to an activating group) is 1. The highest BCUT2D eigenvalue weighted by Gasteiger charge is 2.37. The molecule has 3 aromatic heterocycles. The van der Waals surface area contributed by atoms with Crippen LogP contribution < -0.4 is 10.2 Å². The number of piperazine rings is 1. The van der Waals surface area contributed by atoms with Gasteiger partial charge >= 0.3 is 0 Å². The van der Waals surface area contributed by atoms with E-state index in [1.54, 1.807) is 12.1 Å². The van der Waals surface area contributed by atoms with Gasteiger partial charge in [0.05, 0.1) is 30.1 Å². The lowest BCUT2D eigenvalue weighted by molar-refractivity contribution is 0.102. The van der Waals surface area contributed by atoms with Gasteiger partial charge in [-0.15, -0.1) is 0 Å². The molecule has 2 saturated heterocycles. The van der Waals surface area contributed by atoms with Crippen LogP contribution in [-0.4, -0.2) is 67.5 Å². The second kappa shape index (κ2) is 9.60. The normalized spacial score (nSPS) is 21.2. The molecular formula is C29H31FN8O. The second-order valence-corrected chi connectivity index (χ2v) is 10.9. The molecule has 2 unspecified atom stereocenters. The van der Waals surface area contributed by atoms with E-state index in [0.717, 1.165) is 42.9 Å². The van der Waals surface area contributed by atoms with Crippen LogP contribution in [0.25, 0.3) is 22.8 Å². The molecule has 5 heterocycles. The standard InChI is InChI=1S/C29H31FN8O/c1-36-22-9-10-23(36)16-37(15-22)21-11-12-25(31-13-21)35-29(39)24-14-32-28(34-24)27-26(18-5-7-19(30)8-6-18)33-17-38(27)20-3-2-4-20/h5-8,11-14,17,20,22-23H,2-4,9-10,15-16H2,1H3,(H,32,34)(H,31,35,39). The van der Waals surface area contributed by atoms with E-state index >= 15 is 0 Å². The number of hydrogen-bond acceptors (Lipinski definition) is 6. The first-order chi connectivity index (χ1) is 19.0. The van der Waals surface area contributed by atoms with Gasteiger partial charge < -0.3 is 19.8 Å². The monoisotopic (exact) mass is 526 g/mol. The Morgan fingerprint density at radius 2 is 1.72 bits per heavy atom. The van der Waals surface area contributed by atoms with E-state index in [4.69, 9.17) is 0 Å². The number of aromatic nitrogens is 5. The van der Waals surface area contributed by atoms with E-state index in [-0.39, 0.29) is 11.7 Å². The molecule has 2 bridgehead atoms. The molecule has 2 aliphatic heterocycles. The lowest BCUT2D eigenvalue weighted by Gasteiger charge is -2.40. The molecule has 0 radical (unpaired) electrons. The first kappa shape index (κ1) is 24.0. The van der Waals surface area contributed by atoms with Gasteiger partial charge in [-0.1, -0.05) is 0 Å². The zero-order chi connectivity index (χ0) is 26.5. The van der Waals surface area contributed by atoms with Crippen molar-refractivity contribution >= 4 is 17.4 Å². The van der Waals surface area contributed by atoms with Crippen LogP contribution in [0.5, 0.6) is 0 Å². The van der Waals surface area contributed by atoms with Gasteiger partial charge in [-0.05, 0) is 75.5 Å². The molecule has 2 N–H and O–H groups in total. The summed E-state index contributed by atoms with van der Waals surface area (Å²) in [4.78, 5) is 34.9. The van der Waals surface area contributed by atoms with Crippen LogP contribution in [0.2, 0.25) is 0 Å². The lowest BCUT2D eigenvalue weighted by Crippen LogP contribution is -2.52. The van der Waals surface area contributed by atoms with Crippen LogP contribution in [-0.2, 0) is 0 Å². The number of carbonyl (C=O) groups is 1. The van der Waals surface area contributed by atoms with Crippen molar-refractivity contribution in [3.8, 4) is 22.8 Å². The van der Waals surface area contributed by atoms with Crippen LogP contribution in [0, 0.1) is 5.82 Å². The average Bonchev–Trinajstić information content (AvgIpc) is 3.60. The molecule has 9 nitrogen and oxygen atoms in total. The Kier molecular flexibility index (Phi) is 5.92. The summed E-state index contributed by atoms with van der Waals surface area (Å²) in [6, 6.07) is 11.7. The van der Waals surface area contributed by atoms with Crippen molar-refractivity contribution in [2.75, 3.05) is 30.4 Å². The SMILES string of the molecule is CN1C2CCC1CN(c1ccc(NC(=O)c3cnc(-c4c(-c5ccc(F)cc5)ncn4C4CCC4)[nH]3)nc1)C2. The summed E-state index contributed by atoms with van der Waals surface area (Å²) < 4.78 is 15.7. The number of imidazole rings is 2. The number of pyridine rings is 1. The highest BCUT2D eigenvalue weighted by molar-refractivity contribution is 6.02. The summed E-state index contributed by atoms with van der Waals surface area (Å²) in [6.07, 6.45) is 11.0. The summed E-state index contributed by atoms with van der Waals surface area (Å²) in [6.45, 7) is 2.02. The Morgan fingerprint density at radius 1 is 0.949 bits per heavy atom. The Bertz CT molecular complexity index is 1480. The number of carbonyl (C=O) groups excluding carboxylic acids is 1. The number of fused-ring (bicyclic) bond motifs is 2. The molecule has 0 spiro atoms. The van der Waals surface area contributed by atoms with Gasteiger partial charge in [0.2, 0.25) is 0 Å². The first-order valence-electron chi connectivity index (χ1n) is 13.7.